The van der Waals surface area contributed by atoms with Crippen molar-refractivity contribution in [2.75, 3.05) is 0 Å². The fourth-order valence-corrected chi connectivity index (χ4v) is 2.71. The zero-order chi connectivity index (χ0) is 14.3. The Kier molecular flexibility index (Phi) is 7.66. The topological polar surface area (TPSA) is 38.0 Å². The summed E-state index contributed by atoms with van der Waals surface area (Å²) in [5.41, 5.74) is 6.83. The summed E-state index contributed by atoms with van der Waals surface area (Å²) in [4.78, 5) is 0. The average Bonchev–Trinajstić information content (AvgIpc) is 2.39. The van der Waals surface area contributed by atoms with Crippen LogP contribution in [0.1, 0.15) is 68.2 Å². The molecule has 0 amide bonds. The molecule has 1 rings (SSSR count). The number of nitrogens with two attached hydrogens (primary N) is 1. The van der Waals surface area contributed by atoms with Gasteiger partial charge in [-0.2, -0.15) is 0 Å². The van der Waals surface area contributed by atoms with Gasteiger partial charge in [0, 0.05) is 10.5 Å². The van der Waals surface area contributed by atoms with Gasteiger partial charge in [-0.25, -0.2) is 0 Å². The van der Waals surface area contributed by atoms with Crippen LogP contribution in [0.15, 0.2) is 16.6 Å². The standard InChI is InChI=1S/C16H27BrN2/c1-4-5-6-7-8-9-15(19-18)14-10-12(2)16(17)13(3)11-14/h10-11,15,19H,4-9,18H2,1-3H3. The molecule has 0 aromatic heterocycles. The van der Waals surface area contributed by atoms with Gasteiger partial charge in [0.2, 0.25) is 0 Å². The number of rotatable bonds is 8. The molecule has 0 aliphatic carbocycles. The first-order valence-electron chi connectivity index (χ1n) is 7.33. The largest absolute Gasteiger partial charge is 0.271 e. The highest BCUT2D eigenvalue weighted by Gasteiger charge is 2.12. The number of benzene rings is 1. The first kappa shape index (κ1) is 16.7. The predicted octanol–water partition coefficient (Wildman–Crippen LogP) is 4.93. The van der Waals surface area contributed by atoms with Gasteiger partial charge in [0.15, 0.2) is 0 Å². The molecule has 0 saturated heterocycles. The maximum atomic E-state index is 5.72. The summed E-state index contributed by atoms with van der Waals surface area (Å²) in [7, 11) is 0. The second kappa shape index (κ2) is 8.72. The molecule has 1 unspecified atom stereocenters. The number of nitrogens with one attached hydrogen (secondary N) is 1. The Morgan fingerprint density at radius 3 is 2.21 bits per heavy atom. The lowest BCUT2D eigenvalue weighted by Crippen LogP contribution is -2.28. The van der Waals surface area contributed by atoms with Gasteiger partial charge in [-0.1, -0.05) is 67.1 Å². The molecule has 0 spiro atoms. The first-order chi connectivity index (χ1) is 9.10. The molecular weight excluding hydrogens is 300 g/mol. The molecule has 0 bridgehead atoms. The summed E-state index contributed by atoms with van der Waals surface area (Å²) in [6.07, 6.45) is 7.64. The van der Waals surface area contributed by atoms with Crippen molar-refractivity contribution in [1.29, 1.82) is 0 Å². The highest BCUT2D eigenvalue weighted by molar-refractivity contribution is 9.10. The van der Waals surface area contributed by atoms with Crippen molar-refractivity contribution in [2.45, 2.75) is 65.3 Å². The van der Waals surface area contributed by atoms with E-state index in [9.17, 15) is 0 Å². The van der Waals surface area contributed by atoms with E-state index in [2.05, 4.69) is 54.3 Å². The second-order valence-corrected chi connectivity index (χ2v) is 6.18. The van der Waals surface area contributed by atoms with E-state index in [0.29, 0.717) is 0 Å². The molecule has 0 heterocycles. The quantitative estimate of drug-likeness (QED) is 0.403. The zero-order valence-corrected chi connectivity index (χ0v) is 14.0. The predicted molar refractivity (Wildman–Crippen MR) is 87.1 cm³/mol. The van der Waals surface area contributed by atoms with E-state index in [4.69, 9.17) is 5.84 Å². The number of hydrogen-bond donors (Lipinski definition) is 2. The van der Waals surface area contributed by atoms with Crippen LogP contribution < -0.4 is 11.3 Å². The van der Waals surface area contributed by atoms with Crippen molar-refractivity contribution in [3.05, 3.63) is 33.3 Å². The number of aryl methyl sites for hydroxylation is 2. The lowest BCUT2D eigenvalue weighted by atomic mass is 9.97. The van der Waals surface area contributed by atoms with E-state index in [0.717, 1.165) is 6.42 Å². The average molecular weight is 327 g/mol. The van der Waals surface area contributed by atoms with E-state index in [1.807, 2.05) is 0 Å². The van der Waals surface area contributed by atoms with Crippen molar-refractivity contribution in [3.8, 4) is 0 Å². The van der Waals surface area contributed by atoms with Crippen molar-refractivity contribution < 1.29 is 0 Å². The van der Waals surface area contributed by atoms with Gasteiger partial charge >= 0.3 is 0 Å². The molecule has 0 aliphatic heterocycles. The lowest BCUT2D eigenvalue weighted by Gasteiger charge is -2.18. The minimum Gasteiger partial charge on any atom is -0.271 e. The minimum atomic E-state index is 0.270. The molecule has 0 fully saturated rings. The Hall–Kier alpha value is -0.380. The molecule has 108 valence electrons. The SMILES string of the molecule is CCCCCCCC(NN)c1cc(C)c(Br)c(C)c1. The Morgan fingerprint density at radius 1 is 1.11 bits per heavy atom. The van der Waals surface area contributed by atoms with Gasteiger partial charge in [0.05, 0.1) is 0 Å². The zero-order valence-electron chi connectivity index (χ0n) is 12.4. The summed E-state index contributed by atoms with van der Waals surface area (Å²) in [6.45, 7) is 6.52. The van der Waals surface area contributed by atoms with E-state index in [-0.39, 0.29) is 6.04 Å². The van der Waals surface area contributed by atoms with Gasteiger partial charge in [0.25, 0.3) is 0 Å². The van der Waals surface area contributed by atoms with Crippen LogP contribution in [0.3, 0.4) is 0 Å². The molecule has 1 atom stereocenters. The molecule has 0 aliphatic rings. The third-order valence-electron chi connectivity index (χ3n) is 3.66. The van der Waals surface area contributed by atoms with Crippen LogP contribution in [0.25, 0.3) is 0 Å². The van der Waals surface area contributed by atoms with E-state index < -0.39 is 0 Å². The molecular formula is C16H27BrN2. The van der Waals surface area contributed by atoms with Crippen LogP contribution in [0.4, 0.5) is 0 Å². The Bertz CT molecular complexity index is 367. The first-order valence-corrected chi connectivity index (χ1v) is 8.12. The Labute approximate surface area is 126 Å². The molecule has 3 heteroatoms. The number of unbranched alkanes of at least 4 members (excludes halogenated alkanes) is 4. The summed E-state index contributed by atoms with van der Waals surface area (Å²) < 4.78 is 1.20. The van der Waals surface area contributed by atoms with Gasteiger partial charge in [0.1, 0.15) is 0 Å². The summed E-state index contributed by atoms with van der Waals surface area (Å²) in [5.74, 6) is 5.72. The van der Waals surface area contributed by atoms with Gasteiger partial charge in [-0.15, -0.1) is 0 Å². The molecule has 0 saturated carbocycles. The monoisotopic (exact) mass is 326 g/mol. The third-order valence-corrected chi connectivity index (χ3v) is 4.91. The maximum Gasteiger partial charge on any atom is 0.0460 e. The molecule has 1 aromatic carbocycles. The summed E-state index contributed by atoms with van der Waals surface area (Å²) in [6, 6.07) is 4.73. The fraction of sp³-hybridized carbons (Fsp3) is 0.625. The van der Waals surface area contributed by atoms with Crippen LogP contribution in [0, 0.1) is 13.8 Å². The number of hydrazine groups is 1. The Morgan fingerprint density at radius 2 is 1.68 bits per heavy atom. The van der Waals surface area contributed by atoms with Crippen molar-refractivity contribution in [1.82, 2.24) is 5.43 Å². The molecule has 1 aromatic rings. The van der Waals surface area contributed by atoms with Crippen molar-refractivity contribution in [2.24, 2.45) is 5.84 Å². The number of halogens is 1. The van der Waals surface area contributed by atoms with E-state index >= 15 is 0 Å². The number of hydrogen-bond acceptors (Lipinski definition) is 2. The minimum absolute atomic E-state index is 0.270. The third kappa shape index (κ3) is 5.25. The van der Waals surface area contributed by atoms with Crippen LogP contribution in [0.5, 0.6) is 0 Å². The van der Waals surface area contributed by atoms with Crippen molar-refractivity contribution >= 4 is 15.9 Å². The highest BCUT2D eigenvalue weighted by Crippen LogP contribution is 2.27. The fourth-order valence-electron chi connectivity index (χ4n) is 2.48. The smallest absolute Gasteiger partial charge is 0.0460 e. The second-order valence-electron chi connectivity index (χ2n) is 5.39. The highest BCUT2D eigenvalue weighted by atomic mass is 79.9. The Balaban J connectivity index is 2.59. The van der Waals surface area contributed by atoms with Crippen LogP contribution in [0.2, 0.25) is 0 Å². The molecule has 0 radical (unpaired) electrons. The van der Waals surface area contributed by atoms with Crippen molar-refractivity contribution in [3.63, 3.8) is 0 Å². The molecule has 19 heavy (non-hydrogen) atoms. The molecule has 2 nitrogen and oxygen atoms in total. The van der Waals surface area contributed by atoms with Gasteiger partial charge in [-0.3, -0.25) is 11.3 Å². The summed E-state index contributed by atoms with van der Waals surface area (Å²) in [5, 5.41) is 0. The summed E-state index contributed by atoms with van der Waals surface area (Å²) >= 11 is 3.61. The normalized spacial score (nSPS) is 12.7. The van der Waals surface area contributed by atoms with E-state index in [1.54, 1.807) is 0 Å². The van der Waals surface area contributed by atoms with Crippen LogP contribution in [-0.2, 0) is 0 Å². The van der Waals surface area contributed by atoms with Gasteiger partial charge in [-0.05, 0) is 37.0 Å². The van der Waals surface area contributed by atoms with Gasteiger partial charge < -0.3 is 0 Å². The van der Waals surface area contributed by atoms with Crippen LogP contribution in [-0.4, -0.2) is 0 Å². The lowest BCUT2D eigenvalue weighted by molar-refractivity contribution is 0.478. The van der Waals surface area contributed by atoms with E-state index in [1.165, 1.54) is 53.3 Å². The molecule has 3 N–H and O–H groups in total. The van der Waals surface area contributed by atoms with Crippen LogP contribution >= 0.6 is 15.9 Å². The maximum absolute atomic E-state index is 5.72.